The van der Waals surface area contributed by atoms with Crippen LogP contribution < -0.4 is 0 Å². The molecule has 0 bridgehead atoms. The highest BCUT2D eigenvalue weighted by atomic mass is 28.4. The molecule has 1 aromatic carbocycles. The summed E-state index contributed by atoms with van der Waals surface area (Å²) in [4.78, 5) is 13.2. The Morgan fingerprint density at radius 3 is 2.29 bits per heavy atom. The van der Waals surface area contributed by atoms with E-state index in [4.69, 9.17) is 4.43 Å². The Labute approximate surface area is 147 Å². The molecular formula is C19H31NO3Si. The van der Waals surface area contributed by atoms with Gasteiger partial charge in [-0.2, -0.15) is 0 Å². The van der Waals surface area contributed by atoms with Crippen molar-refractivity contribution >= 4 is 14.4 Å². The third-order valence-corrected chi connectivity index (χ3v) is 10.1. The summed E-state index contributed by atoms with van der Waals surface area (Å²) in [5, 5.41) is 9.76. The van der Waals surface area contributed by atoms with E-state index < -0.39 is 14.4 Å². The minimum atomic E-state index is -1.84. The summed E-state index contributed by atoms with van der Waals surface area (Å²) < 4.78 is 6.56. The number of carboxylic acid groups (broad SMARTS) is 1. The zero-order chi connectivity index (χ0) is 18.2. The van der Waals surface area contributed by atoms with E-state index in [0.29, 0.717) is 6.54 Å². The van der Waals surface area contributed by atoms with E-state index in [9.17, 15) is 9.90 Å². The lowest BCUT2D eigenvalue weighted by molar-refractivity contribution is -0.0625. The number of hydrogen-bond donors (Lipinski definition) is 1. The largest absolute Gasteiger partial charge is 0.465 e. The summed E-state index contributed by atoms with van der Waals surface area (Å²) in [6.07, 6.45) is 0.704. The fourth-order valence-electron chi connectivity index (χ4n) is 3.14. The van der Waals surface area contributed by atoms with E-state index in [2.05, 4.69) is 40.8 Å². The minimum absolute atomic E-state index is 0.0393. The van der Waals surface area contributed by atoms with Crippen molar-refractivity contribution in [2.45, 2.75) is 76.9 Å². The molecule has 0 saturated heterocycles. The molecule has 0 aliphatic heterocycles. The van der Waals surface area contributed by atoms with Crippen molar-refractivity contribution in [2.75, 3.05) is 0 Å². The number of amides is 1. The van der Waals surface area contributed by atoms with Crippen LogP contribution in [0.5, 0.6) is 0 Å². The monoisotopic (exact) mass is 349 g/mol. The van der Waals surface area contributed by atoms with Crippen LogP contribution in [0.2, 0.25) is 18.1 Å². The lowest BCUT2D eigenvalue weighted by Crippen LogP contribution is -2.60. The third-order valence-electron chi connectivity index (χ3n) is 5.52. The van der Waals surface area contributed by atoms with Crippen LogP contribution in [0.4, 0.5) is 4.79 Å². The molecule has 5 heteroatoms. The fourth-order valence-corrected chi connectivity index (χ4v) is 4.85. The van der Waals surface area contributed by atoms with E-state index in [1.807, 2.05) is 30.3 Å². The highest BCUT2D eigenvalue weighted by Crippen LogP contribution is 2.46. The molecule has 0 radical (unpaired) electrons. The Morgan fingerprint density at radius 1 is 1.29 bits per heavy atom. The Hall–Kier alpha value is -1.33. The highest BCUT2D eigenvalue weighted by Gasteiger charge is 2.50. The Morgan fingerprint density at radius 2 is 1.83 bits per heavy atom. The van der Waals surface area contributed by atoms with Crippen LogP contribution in [-0.2, 0) is 11.0 Å². The first-order valence-electron chi connectivity index (χ1n) is 8.67. The normalized spacial score (nSPS) is 24.3. The molecule has 1 amide bonds. The van der Waals surface area contributed by atoms with Gasteiger partial charge in [-0.15, -0.1) is 0 Å². The first-order chi connectivity index (χ1) is 10.9. The van der Waals surface area contributed by atoms with Gasteiger partial charge in [-0.05, 0) is 43.5 Å². The molecule has 1 saturated carbocycles. The predicted octanol–water partition coefficient (Wildman–Crippen LogP) is 5.11. The summed E-state index contributed by atoms with van der Waals surface area (Å²) in [7, 11) is -1.84. The topological polar surface area (TPSA) is 49.8 Å². The van der Waals surface area contributed by atoms with E-state index >= 15 is 0 Å². The van der Waals surface area contributed by atoms with Gasteiger partial charge in [0.2, 0.25) is 0 Å². The van der Waals surface area contributed by atoms with Crippen LogP contribution >= 0.6 is 0 Å². The van der Waals surface area contributed by atoms with Crippen molar-refractivity contribution in [2.24, 2.45) is 0 Å². The summed E-state index contributed by atoms with van der Waals surface area (Å²) in [5.74, 6) is 0. The van der Waals surface area contributed by atoms with Gasteiger partial charge in [-0.25, -0.2) is 4.79 Å². The van der Waals surface area contributed by atoms with Crippen molar-refractivity contribution < 1.29 is 14.3 Å². The van der Waals surface area contributed by atoms with Crippen LogP contribution in [-0.4, -0.2) is 36.1 Å². The molecule has 134 valence electrons. The zero-order valence-corrected chi connectivity index (χ0v) is 16.8. The van der Waals surface area contributed by atoms with Crippen LogP contribution in [0, 0.1) is 0 Å². The lowest BCUT2D eigenvalue weighted by atomic mass is 9.76. The molecule has 0 spiro atoms. The van der Waals surface area contributed by atoms with Crippen molar-refractivity contribution in [3.8, 4) is 0 Å². The maximum Gasteiger partial charge on any atom is 0.407 e. The summed E-state index contributed by atoms with van der Waals surface area (Å²) in [5.41, 5.74) is 0.830. The van der Waals surface area contributed by atoms with Crippen molar-refractivity contribution in [3.05, 3.63) is 35.9 Å². The molecule has 0 aromatic heterocycles. The predicted molar refractivity (Wildman–Crippen MR) is 99.7 cm³/mol. The number of carbonyl (C=O) groups is 1. The van der Waals surface area contributed by atoms with Gasteiger partial charge in [0, 0.05) is 12.6 Å². The maximum atomic E-state index is 11.7. The zero-order valence-electron chi connectivity index (χ0n) is 15.8. The average Bonchev–Trinajstić information content (AvgIpc) is 2.41. The van der Waals surface area contributed by atoms with Crippen LogP contribution in [0.3, 0.4) is 0 Å². The molecule has 4 nitrogen and oxygen atoms in total. The molecule has 0 heterocycles. The van der Waals surface area contributed by atoms with Gasteiger partial charge in [0.1, 0.15) is 0 Å². The van der Waals surface area contributed by atoms with E-state index in [-0.39, 0.29) is 16.7 Å². The second-order valence-corrected chi connectivity index (χ2v) is 13.5. The van der Waals surface area contributed by atoms with Gasteiger partial charge in [-0.3, -0.25) is 0 Å². The second-order valence-electron chi connectivity index (χ2n) is 8.77. The smallest absolute Gasteiger partial charge is 0.407 e. The molecule has 1 aliphatic carbocycles. The Kier molecular flexibility index (Phi) is 5.16. The molecule has 1 fully saturated rings. The van der Waals surface area contributed by atoms with Crippen molar-refractivity contribution in [3.63, 3.8) is 0 Å². The Balaban J connectivity index is 2.01. The van der Waals surface area contributed by atoms with Crippen molar-refractivity contribution in [1.29, 1.82) is 0 Å². The average molecular weight is 350 g/mol. The molecule has 24 heavy (non-hydrogen) atoms. The molecule has 2 rings (SSSR count). The molecule has 1 aliphatic rings. The van der Waals surface area contributed by atoms with E-state index in [0.717, 1.165) is 18.4 Å². The SMILES string of the molecule is CC1(O[Si](C)(C)C(C)(C)C)CC(N(Cc2ccccc2)C(=O)O)C1. The second kappa shape index (κ2) is 6.52. The lowest BCUT2D eigenvalue weighted by Gasteiger charge is -2.53. The van der Waals surface area contributed by atoms with Gasteiger partial charge in [0.15, 0.2) is 8.32 Å². The highest BCUT2D eigenvalue weighted by molar-refractivity contribution is 6.74. The number of hydrogen-bond acceptors (Lipinski definition) is 2. The van der Waals surface area contributed by atoms with E-state index in [1.165, 1.54) is 0 Å². The summed E-state index contributed by atoms with van der Waals surface area (Å²) >= 11 is 0. The van der Waals surface area contributed by atoms with Gasteiger partial charge in [0.05, 0.1) is 5.60 Å². The number of rotatable bonds is 5. The first-order valence-corrected chi connectivity index (χ1v) is 11.6. The Bertz CT molecular complexity index is 574. The number of nitrogens with zero attached hydrogens (tertiary/aromatic N) is 1. The van der Waals surface area contributed by atoms with Crippen LogP contribution in [0.1, 0.15) is 46.1 Å². The quantitative estimate of drug-likeness (QED) is 0.752. The maximum absolute atomic E-state index is 11.7. The summed E-state index contributed by atoms with van der Waals surface area (Å²) in [6, 6.07) is 9.82. The van der Waals surface area contributed by atoms with Crippen LogP contribution in [0.15, 0.2) is 30.3 Å². The van der Waals surface area contributed by atoms with Gasteiger partial charge in [0.25, 0.3) is 0 Å². The minimum Gasteiger partial charge on any atom is -0.465 e. The summed E-state index contributed by atoms with van der Waals surface area (Å²) in [6.45, 7) is 13.8. The standard InChI is InChI=1S/C19H31NO3Si/c1-18(2,3)24(5,6)23-19(4)12-16(13-19)20(17(21)22)14-15-10-8-7-9-11-15/h7-11,16H,12-14H2,1-6H3,(H,21,22). The molecule has 0 atom stereocenters. The number of benzene rings is 1. The van der Waals surface area contributed by atoms with Crippen LogP contribution in [0.25, 0.3) is 0 Å². The van der Waals surface area contributed by atoms with Gasteiger partial charge < -0.3 is 14.4 Å². The van der Waals surface area contributed by atoms with Gasteiger partial charge >= 0.3 is 6.09 Å². The molecule has 1 N–H and O–H groups in total. The van der Waals surface area contributed by atoms with E-state index in [1.54, 1.807) is 4.90 Å². The fraction of sp³-hybridized carbons (Fsp3) is 0.632. The van der Waals surface area contributed by atoms with Crippen molar-refractivity contribution in [1.82, 2.24) is 4.90 Å². The first kappa shape index (κ1) is 19.0. The van der Waals surface area contributed by atoms with Gasteiger partial charge in [-0.1, -0.05) is 51.1 Å². The molecular weight excluding hydrogens is 318 g/mol. The molecule has 0 unspecified atom stereocenters. The third kappa shape index (κ3) is 4.19. The molecule has 1 aromatic rings.